The number of nitrogens with two attached hydrogens (primary N) is 1. The molecule has 0 amide bonds. The summed E-state index contributed by atoms with van der Waals surface area (Å²) < 4.78 is 5.60. The highest BCUT2D eigenvalue weighted by Gasteiger charge is 2.50. The second-order valence-corrected chi connectivity index (χ2v) is 7.13. The summed E-state index contributed by atoms with van der Waals surface area (Å²) in [5, 5.41) is 9.37. The van der Waals surface area contributed by atoms with Gasteiger partial charge in [-0.05, 0) is 68.1 Å². The van der Waals surface area contributed by atoms with Gasteiger partial charge < -0.3 is 15.6 Å². The van der Waals surface area contributed by atoms with Crippen molar-refractivity contribution in [3.8, 4) is 0 Å². The van der Waals surface area contributed by atoms with Gasteiger partial charge in [0.25, 0.3) is 0 Å². The standard InChI is InChI=1S/C15H27NO2/c16-9-14(17)10-18-2-1-15-6-11-3-12(7-15)5-13(4-11)8-15/h11-14,17H,1-10,16H2/t11?,12?,13?,14-,15?/m1/s1. The van der Waals surface area contributed by atoms with Crippen molar-refractivity contribution in [2.45, 2.75) is 51.0 Å². The van der Waals surface area contributed by atoms with Crippen LogP contribution in [0.15, 0.2) is 0 Å². The summed E-state index contributed by atoms with van der Waals surface area (Å²) in [7, 11) is 0. The first-order valence-corrected chi connectivity index (χ1v) is 7.65. The molecule has 4 aliphatic carbocycles. The number of hydrogen-bond donors (Lipinski definition) is 2. The van der Waals surface area contributed by atoms with Crippen LogP contribution in [0.3, 0.4) is 0 Å². The molecule has 3 nitrogen and oxygen atoms in total. The summed E-state index contributed by atoms with van der Waals surface area (Å²) in [5.41, 5.74) is 5.97. The highest BCUT2D eigenvalue weighted by atomic mass is 16.5. The first-order chi connectivity index (χ1) is 8.69. The molecule has 4 saturated carbocycles. The molecule has 0 radical (unpaired) electrons. The summed E-state index contributed by atoms with van der Waals surface area (Å²) in [6.45, 7) is 1.52. The van der Waals surface area contributed by atoms with E-state index in [-0.39, 0.29) is 0 Å². The molecule has 0 unspecified atom stereocenters. The molecule has 0 spiro atoms. The van der Waals surface area contributed by atoms with Crippen molar-refractivity contribution in [3.05, 3.63) is 0 Å². The average molecular weight is 253 g/mol. The minimum Gasteiger partial charge on any atom is -0.389 e. The van der Waals surface area contributed by atoms with Crippen molar-refractivity contribution in [2.24, 2.45) is 28.9 Å². The Balaban J connectivity index is 1.47. The molecule has 0 saturated heterocycles. The third-order valence-electron chi connectivity index (χ3n) is 5.52. The van der Waals surface area contributed by atoms with Crippen LogP contribution in [-0.2, 0) is 4.74 Å². The molecule has 4 bridgehead atoms. The van der Waals surface area contributed by atoms with E-state index in [9.17, 15) is 5.11 Å². The molecule has 18 heavy (non-hydrogen) atoms. The maximum atomic E-state index is 9.37. The monoisotopic (exact) mass is 253 g/mol. The van der Waals surface area contributed by atoms with Crippen LogP contribution in [0, 0.1) is 23.2 Å². The van der Waals surface area contributed by atoms with Crippen molar-refractivity contribution in [1.29, 1.82) is 0 Å². The predicted octanol–water partition coefficient (Wildman–Crippen LogP) is 1.93. The smallest absolute Gasteiger partial charge is 0.0895 e. The van der Waals surface area contributed by atoms with E-state index in [2.05, 4.69) is 0 Å². The Hall–Kier alpha value is -0.120. The molecule has 0 aromatic rings. The van der Waals surface area contributed by atoms with Gasteiger partial charge in [-0.2, -0.15) is 0 Å². The molecule has 104 valence electrons. The number of ether oxygens (including phenoxy) is 1. The van der Waals surface area contributed by atoms with Crippen LogP contribution in [0.25, 0.3) is 0 Å². The fourth-order valence-corrected chi connectivity index (χ4v) is 5.17. The second kappa shape index (κ2) is 5.10. The molecule has 0 heterocycles. The second-order valence-electron chi connectivity index (χ2n) is 7.13. The summed E-state index contributed by atoms with van der Waals surface area (Å²) in [4.78, 5) is 0. The zero-order valence-corrected chi connectivity index (χ0v) is 11.3. The number of hydrogen-bond acceptors (Lipinski definition) is 3. The van der Waals surface area contributed by atoms with E-state index in [1.54, 1.807) is 0 Å². The van der Waals surface area contributed by atoms with Crippen LogP contribution in [0.1, 0.15) is 44.9 Å². The van der Waals surface area contributed by atoms with E-state index in [0.29, 0.717) is 18.6 Å². The van der Waals surface area contributed by atoms with E-state index in [1.807, 2.05) is 0 Å². The van der Waals surface area contributed by atoms with E-state index in [1.165, 1.54) is 44.9 Å². The van der Waals surface area contributed by atoms with Crippen molar-refractivity contribution >= 4 is 0 Å². The Kier molecular flexibility index (Phi) is 3.65. The fourth-order valence-electron chi connectivity index (χ4n) is 5.17. The fraction of sp³-hybridized carbons (Fsp3) is 1.00. The van der Waals surface area contributed by atoms with E-state index < -0.39 is 6.10 Å². The van der Waals surface area contributed by atoms with E-state index >= 15 is 0 Å². The number of rotatable bonds is 6. The van der Waals surface area contributed by atoms with Crippen LogP contribution in [0.2, 0.25) is 0 Å². The maximum absolute atomic E-state index is 9.37. The Labute approximate surface area is 110 Å². The Morgan fingerprint density at radius 1 is 1.11 bits per heavy atom. The maximum Gasteiger partial charge on any atom is 0.0895 e. The first kappa shape index (κ1) is 12.9. The highest BCUT2D eigenvalue weighted by molar-refractivity contribution is 5.01. The normalized spacial score (nSPS) is 43.3. The molecule has 0 aromatic heterocycles. The minimum atomic E-state index is -0.485. The molecule has 3 heteroatoms. The Morgan fingerprint density at radius 3 is 2.17 bits per heavy atom. The Bertz CT molecular complexity index is 257. The lowest BCUT2D eigenvalue weighted by Crippen LogP contribution is -2.46. The van der Waals surface area contributed by atoms with E-state index in [4.69, 9.17) is 10.5 Å². The zero-order valence-electron chi connectivity index (χ0n) is 11.3. The molecule has 3 N–H and O–H groups in total. The van der Waals surface area contributed by atoms with Crippen LogP contribution >= 0.6 is 0 Å². The summed E-state index contributed by atoms with van der Waals surface area (Å²) in [6.07, 6.45) is 9.57. The zero-order chi connectivity index (χ0) is 12.6. The van der Waals surface area contributed by atoms with Gasteiger partial charge in [0.15, 0.2) is 0 Å². The van der Waals surface area contributed by atoms with Crippen molar-refractivity contribution < 1.29 is 9.84 Å². The topological polar surface area (TPSA) is 55.5 Å². The van der Waals surface area contributed by atoms with Crippen LogP contribution < -0.4 is 5.73 Å². The van der Waals surface area contributed by atoms with Crippen LogP contribution in [-0.4, -0.2) is 31.0 Å². The SMILES string of the molecule is NC[C@@H](O)COCCC12CC3CC(CC(C3)C1)C2. The molecule has 4 rings (SSSR count). The minimum absolute atomic E-state index is 0.303. The largest absolute Gasteiger partial charge is 0.389 e. The molecule has 0 aromatic carbocycles. The quantitative estimate of drug-likeness (QED) is 0.711. The van der Waals surface area contributed by atoms with Crippen molar-refractivity contribution in [2.75, 3.05) is 19.8 Å². The van der Waals surface area contributed by atoms with Gasteiger partial charge in [0.05, 0.1) is 12.7 Å². The predicted molar refractivity (Wildman–Crippen MR) is 71.1 cm³/mol. The number of aliphatic hydroxyl groups is 1. The molecular formula is C15H27NO2. The summed E-state index contributed by atoms with van der Waals surface area (Å²) in [5.74, 6) is 3.06. The van der Waals surface area contributed by atoms with Gasteiger partial charge in [-0.3, -0.25) is 0 Å². The van der Waals surface area contributed by atoms with Crippen LogP contribution in [0.4, 0.5) is 0 Å². The van der Waals surface area contributed by atoms with E-state index in [0.717, 1.165) is 24.4 Å². The lowest BCUT2D eigenvalue weighted by Gasteiger charge is -2.57. The molecule has 4 fully saturated rings. The number of aliphatic hydroxyl groups excluding tert-OH is 1. The average Bonchev–Trinajstić information content (AvgIpc) is 2.32. The summed E-state index contributed by atoms with van der Waals surface area (Å²) in [6, 6.07) is 0. The van der Waals surface area contributed by atoms with Gasteiger partial charge in [-0.1, -0.05) is 0 Å². The lowest BCUT2D eigenvalue weighted by molar-refractivity contribution is -0.0727. The molecule has 1 atom stereocenters. The van der Waals surface area contributed by atoms with Crippen molar-refractivity contribution in [1.82, 2.24) is 0 Å². The summed E-state index contributed by atoms with van der Waals surface area (Å²) >= 11 is 0. The first-order valence-electron chi connectivity index (χ1n) is 7.65. The third-order valence-corrected chi connectivity index (χ3v) is 5.52. The van der Waals surface area contributed by atoms with Gasteiger partial charge in [0, 0.05) is 13.2 Å². The lowest BCUT2D eigenvalue weighted by atomic mass is 9.49. The third kappa shape index (κ3) is 2.59. The molecular weight excluding hydrogens is 226 g/mol. The van der Waals surface area contributed by atoms with Gasteiger partial charge in [0.1, 0.15) is 0 Å². The van der Waals surface area contributed by atoms with Crippen LogP contribution in [0.5, 0.6) is 0 Å². The molecule has 4 aliphatic rings. The van der Waals surface area contributed by atoms with Crippen molar-refractivity contribution in [3.63, 3.8) is 0 Å². The molecule has 0 aliphatic heterocycles. The van der Waals surface area contributed by atoms with Gasteiger partial charge in [0.2, 0.25) is 0 Å². The highest BCUT2D eigenvalue weighted by Crippen LogP contribution is 2.61. The van der Waals surface area contributed by atoms with Gasteiger partial charge >= 0.3 is 0 Å². The van der Waals surface area contributed by atoms with Gasteiger partial charge in [-0.25, -0.2) is 0 Å². The Morgan fingerprint density at radius 2 is 1.67 bits per heavy atom. The van der Waals surface area contributed by atoms with Gasteiger partial charge in [-0.15, -0.1) is 0 Å².